The molecule has 1 rings (SSSR count). The molecule has 1 fully saturated rings. The van der Waals surface area contributed by atoms with E-state index in [1.54, 1.807) is 0 Å². The summed E-state index contributed by atoms with van der Waals surface area (Å²) in [5, 5.41) is 2.86. The predicted molar refractivity (Wildman–Crippen MR) is 44.0 cm³/mol. The summed E-state index contributed by atoms with van der Waals surface area (Å²) in [5.41, 5.74) is 5.56. The number of rotatable bonds is 3. The van der Waals surface area contributed by atoms with Gasteiger partial charge in [-0.25, -0.2) is 0 Å². The van der Waals surface area contributed by atoms with Crippen LogP contribution in [0.15, 0.2) is 0 Å². The fraction of sp³-hybridized carbons (Fsp3) is 0.875. The quantitative estimate of drug-likeness (QED) is 0.615. The van der Waals surface area contributed by atoms with Gasteiger partial charge >= 0.3 is 0 Å². The van der Waals surface area contributed by atoms with E-state index in [0.717, 1.165) is 25.8 Å². The first kappa shape index (κ1) is 8.53. The molecule has 0 aromatic carbocycles. The van der Waals surface area contributed by atoms with Gasteiger partial charge in [-0.15, -0.1) is 0 Å². The van der Waals surface area contributed by atoms with Crippen LogP contribution in [0.4, 0.5) is 0 Å². The third kappa shape index (κ3) is 2.19. The largest absolute Gasteiger partial charge is 0.356 e. The highest BCUT2D eigenvalue weighted by Crippen LogP contribution is 2.25. The third-order valence-corrected chi connectivity index (χ3v) is 2.09. The highest BCUT2D eigenvalue weighted by molar-refractivity contribution is 5.79. The van der Waals surface area contributed by atoms with Crippen LogP contribution >= 0.6 is 0 Å². The van der Waals surface area contributed by atoms with Crippen molar-refractivity contribution in [1.82, 2.24) is 5.32 Å². The minimum absolute atomic E-state index is 0.188. The Morgan fingerprint density at radius 2 is 2.27 bits per heavy atom. The summed E-state index contributed by atoms with van der Waals surface area (Å²) in [6.07, 6.45) is 2.75. The smallest absolute Gasteiger partial charge is 0.223 e. The maximum Gasteiger partial charge on any atom is 0.223 e. The zero-order chi connectivity index (χ0) is 8.27. The van der Waals surface area contributed by atoms with Crippen LogP contribution in [0.25, 0.3) is 0 Å². The number of nitrogens with two attached hydrogens (primary N) is 1. The van der Waals surface area contributed by atoms with Gasteiger partial charge in [0.05, 0.1) is 0 Å². The SMILES string of the molecule is CCCNC(=O)C1CC(N)C1. The number of carbonyl (C=O) groups is 1. The number of hydrogen-bond donors (Lipinski definition) is 2. The second-order valence-electron chi connectivity index (χ2n) is 3.22. The summed E-state index contributed by atoms with van der Waals surface area (Å²) in [6, 6.07) is 0.271. The Morgan fingerprint density at radius 3 is 2.73 bits per heavy atom. The van der Waals surface area contributed by atoms with Gasteiger partial charge < -0.3 is 11.1 Å². The Bertz CT molecular complexity index is 141. The lowest BCUT2D eigenvalue weighted by molar-refractivity contribution is -0.127. The first-order valence-corrected chi connectivity index (χ1v) is 4.27. The molecule has 11 heavy (non-hydrogen) atoms. The average molecular weight is 156 g/mol. The molecule has 3 heteroatoms. The third-order valence-electron chi connectivity index (χ3n) is 2.09. The fourth-order valence-corrected chi connectivity index (χ4v) is 1.27. The number of nitrogens with one attached hydrogen (secondary N) is 1. The van der Waals surface area contributed by atoms with Gasteiger partial charge in [-0.1, -0.05) is 6.92 Å². The van der Waals surface area contributed by atoms with Gasteiger partial charge in [0.25, 0.3) is 0 Å². The molecule has 3 nitrogen and oxygen atoms in total. The molecule has 0 radical (unpaired) electrons. The topological polar surface area (TPSA) is 55.1 Å². The molecule has 1 saturated carbocycles. The summed E-state index contributed by atoms with van der Waals surface area (Å²) in [4.78, 5) is 11.2. The highest BCUT2D eigenvalue weighted by Gasteiger charge is 2.31. The number of hydrogen-bond acceptors (Lipinski definition) is 2. The lowest BCUT2D eigenvalue weighted by atomic mass is 9.80. The van der Waals surface area contributed by atoms with Crippen LogP contribution in [0.1, 0.15) is 26.2 Å². The van der Waals surface area contributed by atoms with Gasteiger partial charge in [0.2, 0.25) is 5.91 Å². The molecule has 0 saturated heterocycles. The average Bonchev–Trinajstić information content (AvgIpc) is 1.94. The van der Waals surface area contributed by atoms with E-state index >= 15 is 0 Å². The summed E-state index contributed by atoms with van der Waals surface area (Å²) in [7, 11) is 0. The Labute approximate surface area is 67.3 Å². The van der Waals surface area contributed by atoms with Crippen LogP contribution in [0.3, 0.4) is 0 Å². The lowest BCUT2D eigenvalue weighted by Gasteiger charge is -2.30. The van der Waals surface area contributed by atoms with Gasteiger partial charge in [-0.3, -0.25) is 4.79 Å². The molecule has 0 atom stereocenters. The molecular formula is C8H16N2O. The molecule has 0 aliphatic heterocycles. The number of carbonyl (C=O) groups excluding carboxylic acids is 1. The maximum atomic E-state index is 11.2. The predicted octanol–water partition coefficient (Wildman–Crippen LogP) is 0.250. The van der Waals surface area contributed by atoms with Gasteiger partial charge in [0.15, 0.2) is 0 Å². The van der Waals surface area contributed by atoms with Gasteiger partial charge in [0.1, 0.15) is 0 Å². The molecule has 3 N–H and O–H groups in total. The monoisotopic (exact) mass is 156 g/mol. The minimum Gasteiger partial charge on any atom is -0.356 e. The van der Waals surface area contributed by atoms with Crippen molar-refractivity contribution < 1.29 is 4.79 Å². The Balaban J connectivity index is 2.11. The van der Waals surface area contributed by atoms with E-state index in [2.05, 4.69) is 5.32 Å². The number of amides is 1. The van der Waals surface area contributed by atoms with Gasteiger partial charge in [0, 0.05) is 18.5 Å². The molecule has 0 aromatic rings. The van der Waals surface area contributed by atoms with E-state index in [1.807, 2.05) is 6.92 Å². The van der Waals surface area contributed by atoms with E-state index in [0.29, 0.717) is 0 Å². The first-order valence-electron chi connectivity index (χ1n) is 4.27. The summed E-state index contributed by atoms with van der Waals surface area (Å²) in [5.74, 6) is 0.394. The van der Waals surface area contributed by atoms with Gasteiger partial charge in [-0.05, 0) is 19.3 Å². The van der Waals surface area contributed by atoms with Crippen LogP contribution in [0, 0.1) is 5.92 Å². The van der Waals surface area contributed by atoms with Gasteiger partial charge in [-0.2, -0.15) is 0 Å². The van der Waals surface area contributed by atoms with Crippen LogP contribution in [0.2, 0.25) is 0 Å². The molecule has 0 bridgehead atoms. The summed E-state index contributed by atoms with van der Waals surface area (Å²) >= 11 is 0. The van der Waals surface area contributed by atoms with Crippen molar-refractivity contribution in [3.05, 3.63) is 0 Å². The second kappa shape index (κ2) is 3.72. The Morgan fingerprint density at radius 1 is 1.64 bits per heavy atom. The van der Waals surface area contributed by atoms with E-state index in [-0.39, 0.29) is 17.9 Å². The molecule has 1 amide bonds. The molecule has 0 spiro atoms. The van der Waals surface area contributed by atoms with Crippen molar-refractivity contribution in [2.45, 2.75) is 32.2 Å². The Hall–Kier alpha value is -0.570. The molecule has 1 aliphatic carbocycles. The first-order chi connectivity index (χ1) is 5.24. The minimum atomic E-state index is 0.188. The lowest BCUT2D eigenvalue weighted by Crippen LogP contribution is -2.45. The van der Waals surface area contributed by atoms with E-state index < -0.39 is 0 Å². The van der Waals surface area contributed by atoms with Crippen LogP contribution < -0.4 is 11.1 Å². The maximum absolute atomic E-state index is 11.2. The Kier molecular flexibility index (Phi) is 2.88. The van der Waals surface area contributed by atoms with Crippen molar-refractivity contribution in [1.29, 1.82) is 0 Å². The van der Waals surface area contributed by atoms with Crippen molar-refractivity contribution >= 4 is 5.91 Å². The van der Waals surface area contributed by atoms with Crippen LogP contribution in [-0.2, 0) is 4.79 Å². The normalized spacial score (nSPS) is 29.3. The van der Waals surface area contributed by atoms with Crippen molar-refractivity contribution in [2.24, 2.45) is 11.7 Å². The zero-order valence-corrected chi connectivity index (χ0v) is 6.97. The summed E-state index contributed by atoms with van der Waals surface area (Å²) in [6.45, 7) is 2.84. The molecular weight excluding hydrogens is 140 g/mol. The molecule has 0 heterocycles. The molecule has 1 aliphatic rings. The summed E-state index contributed by atoms with van der Waals surface area (Å²) < 4.78 is 0. The van der Waals surface area contributed by atoms with E-state index in [4.69, 9.17) is 5.73 Å². The van der Waals surface area contributed by atoms with Crippen molar-refractivity contribution in [3.8, 4) is 0 Å². The highest BCUT2D eigenvalue weighted by atomic mass is 16.1. The van der Waals surface area contributed by atoms with E-state index in [1.165, 1.54) is 0 Å². The second-order valence-corrected chi connectivity index (χ2v) is 3.22. The molecule has 0 unspecified atom stereocenters. The molecule has 64 valence electrons. The van der Waals surface area contributed by atoms with Crippen molar-refractivity contribution in [3.63, 3.8) is 0 Å². The fourth-order valence-electron chi connectivity index (χ4n) is 1.27. The molecule has 0 aromatic heterocycles. The van der Waals surface area contributed by atoms with Crippen LogP contribution in [-0.4, -0.2) is 18.5 Å². The van der Waals surface area contributed by atoms with Crippen molar-refractivity contribution in [2.75, 3.05) is 6.54 Å². The van der Waals surface area contributed by atoms with E-state index in [9.17, 15) is 4.79 Å². The zero-order valence-electron chi connectivity index (χ0n) is 6.97. The van der Waals surface area contributed by atoms with Crippen LogP contribution in [0.5, 0.6) is 0 Å². The standard InChI is InChI=1S/C8H16N2O/c1-2-3-10-8(11)6-4-7(9)5-6/h6-7H,2-5,9H2,1H3,(H,10,11).